The number of ether oxygens (including phenoxy) is 1. The predicted octanol–water partition coefficient (Wildman–Crippen LogP) is 1.24. The number of nitro benzene ring substituents is 1. The summed E-state index contributed by atoms with van der Waals surface area (Å²) in [6.45, 7) is 3.84. The highest BCUT2D eigenvalue weighted by Gasteiger charge is 2.33. The molecule has 3 rings (SSSR count). The number of nitro groups is 1. The third kappa shape index (κ3) is 1.56. The number of non-ortho nitro benzene ring substituents is 1. The van der Waals surface area contributed by atoms with E-state index in [0.29, 0.717) is 11.0 Å². The van der Waals surface area contributed by atoms with Gasteiger partial charge in [0.15, 0.2) is 0 Å². The van der Waals surface area contributed by atoms with Gasteiger partial charge < -0.3 is 4.74 Å². The number of esters is 1. The van der Waals surface area contributed by atoms with E-state index in [2.05, 4.69) is 10.3 Å². The number of hydrogen-bond donors (Lipinski definition) is 0. The smallest absolute Gasteiger partial charge is 0.340 e. The predicted molar refractivity (Wildman–Crippen MR) is 63.8 cm³/mol. The van der Waals surface area contributed by atoms with Crippen LogP contribution in [0.15, 0.2) is 12.1 Å². The highest BCUT2D eigenvalue weighted by atomic mass is 16.6. The van der Waals surface area contributed by atoms with Crippen LogP contribution in [0.25, 0.3) is 11.0 Å². The molecule has 19 heavy (non-hydrogen) atoms. The number of carbonyl (C=O) groups is 1. The molecule has 1 aromatic carbocycles. The molecule has 0 fully saturated rings. The minimum atomic E-state index is -0.595. The first-order valence-corrected chi connectivity index (χ1v) is 5.61. The van der Waals surface area contributed by atoms with E-state index in [1.807, 2.05) is 13.8 Å². The van der Waals surface area contributed by atoms with Gasteiger partial charge in [-0.15, -0.1) is 5.10 Å². The lowest BCUT2D eigenvalue weighted by Crippen LogP contribution is -2.32. The van der Waals surface area contributed by atoms with Crippen molar-refractivity contribution in [1.29, 1.82) is 0 Å². The van der Waals surface area contributed by atoms with Gasteiger partial charge in [-0.25, -0.2) is 9.48 Å². The van der Waals surface area contributed by atoms with Crippen LogP contribution in [-0.2, 0) is 10.3 Å². The van der Waals surface area contributed by atoms with E-state index >= 15 is 0 Å². The lowest BCUT2D eigenvalue weighted by molar-refractivity contribution is -0.384. The SMILES string of the molecule is CC1(C)COC(=O)c2cc([N+](=O)[O-])cc3nnn1c23. The maximum atomic E-state index is 11.9. The molecule has 1 aromatic heterocycles. The summed E-state index contributed by atoms with van der Waals surface area (Å²) in [6, 6.07) is 2.50. The topological polar surface area (TPSA) is 100 Å². The van der Waals surface area contributed by atoms with Crippen molar-refractivity contribution >= 4 is 22.7 Å². The molecule has 98 valence electrons. The molecule has 2 heterocycles. The largest absolute Gasteiger partial charge is 0.459 e. The summed E-state index contributed by atoms with van der Waals surface area (Å²) in [5.74, 6) is -0.595. The molecule has 0 aliphatic carbocycles. The first kappa shape index (κ1) is 11.6. The van der Waals surface area contributed by atoms with Crippen molar-refractivity contribution in [2.24, 2.45) is 0 Å². The van der Waals surface area contributed by atoms with Crippen molar-refractivity contribution in [2.75, 3.05) is 6.61 Å². The minimum absolute atomic E-state index is 0.125. The fourth-order valence-electron chi connectivity index (χ4n) is 2.11. The molecule has 0 radical (unpaired) electrons. The third-order valence-electron chi connectivity index (χ3n) is 3.09. The van der Waals surface area contributed by atoms with Crippen LogP contribution in [-0.4, -0.2) is 32.5 Å². The molecule has 0 saturated heterocycles. The zero-order valence-corrected chi connectivity index (χ0v) is 10.3. The average Bonchev–Trinajstić information content (AvgIpc) is 2.75. The molecule has 8 nitrogen and oxygen atoms in total. The second-order valence-corrected chi connectivity index (χ2v) is 5.01. The summed E-state index contributed by atoms with van der Waals surface area (Å²) in [7, 11) is 0. The molecule has 0 bridgehead atoms. The van der Waals surface area contributed by atoms with Crippen LogP contribution in [0.1, 0.15) is 24.2 Å². The molecule has 0 saturated carbocycles. The van der Waals surface area contributed by atoms with E-state index in [1.54, 1.807) is 4.68 Å². The van der Waals surface area contributed by atoms with Crippen molar-refractivity contribution in [3.63, 3.8) is 0 Å². The van der Waals surface area contributed by atoms with Crippen molar-refractivity contribution in [3.8, 4) is 0 Å². The standard InChI is InChI=1S/C11H10N4O4/c1-11(2)5-19-10(16)7-3-6(15(17)18)4-8-9(7)14(11)13-12-8/h3-4H,5H2,1-2H3. The number of aromatic nitrogens is 3. The van der Waals surface area contributed by atoms with E-state index in [4.69, 9.17) is 4.74 Å². The van der Waals surface area contributed by atoms with Crippen LogP contribution < -0.4 is 0 Å². The van der Waals surface area contributed by atoms with Gasteiger partial charge in [0.2, 0.25) is 0 Å². The zero-order chi connectivity index (χ0) is 13.8. The summed E-state index contributed by atoms with van der Waals surface area (Å²) in [6.07, 6.45) is 0. The van der Waals surface area contributed by atoms with Gasteiger partial charge in [-0.05, 0) is 13.8 Å². The quantitative estimate of drug-likeness (QED) is 0.435. The van der Waals surface area contributed by atoms with E-state index in [0.717, 1.165) is 0 Å². The van der Waals surface area contributed by atoms with E-state index in [1.165, 1.54) is 12.1 Å². The van der Waals surface area contributed by atoms with Crippen LogP contribution >= 0.6 is 0 Å². The zero-order valence-electron chi connectivity index (χ0n) is 10.3. The molecule has 0 amide bonds. The molecule has 0 spiro atoms. The van der Waals surface area contributed by atoms with E-state index < -0.39 is 16.4 Å². The lowest BCUT2D eigenvalue weighted by atomic mass is 10.1. The van der Waals surface area contributed by atoms with Crippen LogP contribution in [0.2, 0.25) is 0 Å². The lowest BCUT2D eigenvalue weighted by Gasteiger charge is -2.22. The Morgan fingerprint density at radius 1 is 1.47 bits per heavy atom. The number of benzene rings is 1. The monoisotopic (exact) mass is 262 g/mol. The second-order valence-electron chi connectivity index (χ2n) is 5.01. The Morgan fingerprint density at radius 2 is 2.21 bits per heavy atom. The van der Waals surface area contributed by atoms with Crippen LogP contribution in [0.5, 0.6) is 0 Å². The highest BCUT2D eigenvalue weighted by Crippen LogP contribution is 2.31. The van der Waals surface area contributed by atoms with Crippen molar-refractivity contribution in [3.05, 3.63) is 27.8 Å². The Bertz CT molecular complexity index is 719. The summed E-state index contributed by atoms with van der Waals surface area (Å²) in [5.41, 5.74) is 0.159. The molecule has 1 aliphatic rings. The minimum Gasteiger partial charge on any atom is -0.459 e. The van der Waals surface area contributed by atoms with E-state index in [9.17, 15) is 14.9 Å². The summed E-state index contributed by atoms with van der Waals surface area (Å²) in [4.78, 5) is 22.2. The number of nitrogens with zero attached hydrogens (tertiary/aromatic N) is 4. The summed E-state index contributed by atoms with van der Waals surface area (Å²) >= 11 is 0. The molecule has 2 aromatic rings. The molecule has 8 heteroatoms. The summed E-state index contributed by atoms with van der Waals surface area (Å²) in [5, 5.41) is 18.7. The van der Waals surface area contributed by atoms with Gasteiger partial charge in [-0.2, -0.15) is 0 Å². The Balaban J connectivity index is 2.41. The Kier molecular flexibility index (Phi) is 2.13. The van der Waals surface area contributed by atoms with Crippen LogP contribution in [0.4, 0.5) is 5.69 Å². The van der Waals surface area contributed by atoms with Crippen LogP contribution in [0, 0.1) is 10.1 Å². The number of carbonyl (C=O) groups excluding carboxylic acids is 1. The summed E-state index contributed by atoms with van der Waals surface area (Å²) < 4.78 is 6.71. The maximum Gasteiger partial charge on any atom is 0.340 e. The Morgan fingerprint density at radius 3 is 2.89 bits per heavy atom. The fraction of sp³-hybridized carbons (Fsp3) is 0.364. The van der Waals surface area contributed by atoms with E-state index in [-0.39, 0.29) is 17.9 Å². The van der Waals surface area contributed by atoms with Crippen molar-refractivity contribution in [1.82, 2.24) is 15.0 Å². The Hall–Kier alpha value is -2.51. The van der Waals surface area contributed by atoms with Gasteiger partial charge in [0.25, 0.3) is 5.69 Å². The number of cyclic esters (lactones) is 1. The van der Waals surface area contributed by atoms with Gasteiger partial charge in [0.1, 0.15) is 17.6 Å². The highest BCUT2D eigenvalue weighted by molar-refractivity contribution is 6.03. The first-order valence-electron chi connectivity index (χ1n) is 5.61. The molecular weight excluding hydrogens is 252 g/mol. The molecular formula is C11H10N4O4. The van der Waals surface area contributed by atoms with Crippen molar-refractivity contribution in [2.45, 2.75) is 19.4 Å². The number of rotatable bonds is 1. The fourth-order valence-corrected chi connectivity index (χ4v) is 2.11. The van der Waals surface area contributed by atoms with Gasteiger partial charge in [0.05, 0.1) is 16.0 Å². The van der Waals surface area contributed by atoms with Gasteiger partial charge in [-0.1, -0.05) is 5.21 Å². The molecule has 0 N–H and O–H groups in total. The molecule has 1 aliphatic heterocycles. The molecule has 0 atom stereocenters. The second kappa shape index (κ2) is 3.50. The maximum absolute atomic E-state index is 11.9. The van der Waals surface area contributed by atoms with Gasteiger partial charge in [0, 0.05) is 12.1 Å². The van der Waals surface area contributed by atoms with Crippen LogP contribution in [0.3, 0.4) is 0 Å². The Labute approximate surface area is 107 Å². The van der Waals surface area contributed by atoms with Gasteiger partial charge >= 0.3 is 5.97 Å². The number of hydrogen-bond acceptors (Lipinski definition) is 6. The normalized spacial score (nSPS) is 17.1. The third-order valence-corrected chi connectivity index (χ3v) is 3.09. The van der Waals surface area contributed by atoms with Crippen molar-refractivity contribution < 1.29 is 14.5 Å². The molecule has 0 unspecified atom stereocenters. The first-order chi connectivity index (χ1) is 8.90. The average molecular weight is 262 g/mol. The van der Waals surface area contributed by atoms with Gasteiger partial charge in [-0.3, -0.25) is 10.1 Å².